The number of hydrogen-bond acceptors (Lipinski definition) is 2. The van der Waals surface area contributed by atoms with Crippen molar-refractivity contribution in [1.82, 2.24) is 9.97 Å². The van der Waals surface area contributed by atoms with Gasteiger partial charge < -0.3 is 0 Å². The molecule has 0 amide bonds. The number of aromatic nitrogens is 2. The van der Waals surface area contributed by atoms with Crippen molar-refractivity contribution in [2.45, 2.75) is 46.0 Å². The van der Waals surface area contributed by atoms with Gasteiger partial charge in [0.25, 0.3) is 0 Å². The first-order chi connectivity index (χ1) is 6.30. The normalized spacial score (nSPS) is 12.2. The molecule has 0 bridgehead atoms. The summed E-state index contributed by atoms with van der Waals surface area (Å²) in [6, 6.07) is 2.09. The number of hydrogen-bond donors (Lipinski definition) is 0. The fraction of sp³-hybridized carbons (Fsp3) is 0.636. The molecular formula is C11H17BrN2. The largest absolute Gasteiger partial charge is 0.227 e. The first-order valence-corrected chi connectivity index (χ1v) is 5.65. The summed E-state index contributed by atoms with van der Waals surface area (Å²) in [5.41, 5.74) is 2.26. The molecule has 0 aliphatic rings. The van der Waals surface area contributed by atoms with Crippen LogP contribution in [-0.4, -0.2) is 9.97 Å². The quantitative estimate of drug-likeness (QED) is 0.717. The lowest BCUT2D eigenvalue weighted by Gasteiger charge is -2.19. The molecule has 3 heteroatoms. The van der Waals surface area contributed by atoms with Crippen molar-refractivity contribution in [1.29, 1.82) is 0 Å². The predicted molar refractivity (Wildman–Crippen MR) is 62.5 cm³/mol. The summed E-state index contributed by atoms with van der Waals surface area (Å²) in [6.07, 6.45) is 0. The van der Waals surface area contributed by atoms with E-state index in [1.807, 2.05) is 0 Å². The highest BCUT2D eigenvalue weighted by atomic mass is 79.9. The highest BCUT2D eigenvalue weighted by Crippen LogP contribution is 2.24. The minimum absolute atomic E-state index is 0.0785. The van der Waals surface area contributed by atoms with Crippen LogP contribution in [0.3, 0.4) is 0 Å². The van der Waals surface area contributed by atoms with Crippen LogP contribution in [0.2, 0.25) is 0 Å². The van der Waals surface area contributed by atoms with Crippen molar-refractivity contribution in [3.63, 3.8) is 0 Å². The van der Waals surface area contributed by atoms with Gasteiger partial charge in [0, 0.05) is 11.1 Å². The molecular weight excluding hydrogens is 240 g/mol. The SMILES string of the molecule is CC(C)c1cc(C(C)(C)C)nc(Br)n1. The maximum atomic E-state index is 4.39. The highest BCUT2D eigenvalue weighted by molar-refractivity contribution is 9.10. The van der Waals surface area contributed by atoms with Crippen molar-refractivity contribution in [2.24, 2.45) is 0 Å². The summed E-state index contributed by atoms with van der Waals surface area (Å²) < 4.78 is 0.689. The Labute approximate surface area is 94.3 Å². The Morgan fingerprint density at radius 2 is 1.79 bits per heavy atom. The van der Waals surface area contributed by atoms with E-state index in [2.05, 4.69) is 66.6 Å². The third kappa shape index (κ3) is 2.77. The van der Waals surface area contributed by atoms with Gasteiger partial charge in [-0.15, -0.1) is 0 Å². The summed E-state index contributed by atoms with van der Waals surface area (Å²) >= 11 is 3.35. The molecule has 0 spiro atoms. The molecule has 1 heterocycles. The summed E-state index contributed by atoms with van der Waals surface area (Å²) in [5, 5.41) is 0. The molecule has 0 N–H and O–H groups in total. The van der Waals surface area contributed by atoms with E-state index in [4.69, 9.17) is 0 Å². The molecule has 1 rings (SSSR count). The zero-order valence-corrected chi connectivity index (χ0v) is 11.0. The van der Waals surface area contributed by atoms with E-state index in [9.17, 15) is 0 Å². The Morgan fingerprint density at radius 1 is 1.21 bits per heavy atom. The van der Waals surface area contributed by atoms with E-state index in [0.29, 0.717) is 10.7 Å². The lowest BCUT2D eigenvalue weighted by Crippen LogP contribution is -2.15. The first-order valence-electron chi connectivity index (χ1n) is 4.85. The average Bonchev–Trinajstić information content (AvgIpc) is 2.01. The van der Waals surface area contributed by atoms with Crippen molar-refractivity contribution in [3.8, 4) is 0 Å². The van der Waals surface area contributed by atoms with Crippen LogP contribution >= 0.6 is 15.9 Å². The lowest BCUT2D eigenvalue weighted by molar-refractivity contribution is 0.561. The topological polar surface area (TPSA) is 25.8 Å². The van der Waals surface area contributed by atoms with Gasteiger partial charge in [-0.1, -0.05) is 34.6 Å². The third-order valence-corrected chi connectivity index (χ3v) is 2.43. The molecule has 0 radical (unpaired) electrons. The Morgan fingerprint density at radius 3 is 2.21 bits per heavy atom. The number of halogens is 1. The molecule has 0 atom stereocenters. The summed E-state index contributed by atoms with van der Waals surface area (Å²) in [5.74, 6) is 0.440. The van der Waals surface area contributed by atoms with Crippen molar-refractivity contribution < 1.29 is 0 Å². The van der Waals surface area contributed by atoms with Gasteiger partial charge in [0.05, 0.1) is 5.69 Å². The monoisotopic (exact) mass is 256 g/mol. The molecule has 1 aromatic rings. The van der Waals surface area contributed by atoms with Crippen molar-refractivity contribution >= 4 is 15.9 Å². The van der Waals surface area contributed by atoms with E-state index in [-0.39, 0.29) is 5.41 Å². The predicted octanol–water partition coefficient (Wildman–Crippen LogP) is 3.66. The molecule has 0 unspecified atom stereocenters. The first kappa shape index (κ1) is 11.6. The van der Waals surface area contributed by atoms with Crippen LogP contribution in [0.15, 0.2) is 10.8 Å². The van der Waals surface area contributed by atoms with Crippen LogP contribution in [0.4, 0.5) is 0 Å². The number of rotatable bonds is 1. The minimum atomic E-state index is 0.0785. The second-order valence-electron chi connectivity index (χ2n) is 4.85. The van der Waals surface area contributed by atoms with Gasteiger partial charge >= 0.3 is 0 Å². The smallest absolute Gasteiger partial charge is 0.197 e. The number of nitrogens with zero attached hydrogens (tertiary/aromatic N) is 2. The molecule has 14 heavy (non-hydrogen) atoms. The summed E-state index contributed by atoms with van der Waals surface area (Å²) in [7, 11) is 0. The van der Waals surface area contributed by atoms with Gasteiger partial charge in [0.1, 0.15) is 0 Å². The van der Waals surface area contributed by atoms with Crippen LogP contribution in [0.5, 0.6) is 0 Å². The van der Waals surface area contributed by atoms with Gasteiger partial charge in [-0.3, -0.25) is 0 Å². The molecule has 0 aliphatic carbocycles. The zero-order chi connectivity index (χ0) is 10.9. The molecule has 78 valence electrons. The van der Waals surface area contributed by atoms with Crippen LogP contribution in [0.1, 0.15) is 51.9 Å². The maximum Gasteiger partial charge on any atom is 0.197 e. The second-order valence-corrected chi connectivity index (χ2v) is 5.56. The van der Waals surface area contributed by atoms with E-state index in [1.54, 1.807) is 0 Å². The van der Waals surface area contributed by atoms with Crippen LogP contribution in [0.25, 0.3) is 0 Å². The fourth-order valence-electron chi connectivity index (χ4n) is 1.12. The molecule has 0 saturated heterocycles. The van der Waals surface area contributed by atoms with E-state index < -0.39 is 0 Å². The van der Waals surface area contributed by atoms with Gasteiger partial charge in [-0.2, -0.15) is 0 Å². The Kier molecular flexibility index (Phi) is 3.30. The van der Waals surface area contributed by atoms with Crippen LogP contribution < -0.4 is 0 Å². The Balaban J connectivity index is 3.21. The Bertz CT molecular complexity index is 327. The van der Waals surface area contributed by atoms with Gasteiger partial charge in [-0.05, 0) is 27.9 Å². The average molecular weight is 257 g/mol. The van der Waals surface area contributed by atoms with Crippen LogP contribution in [0, 0.1) is 0 Å². The highest BCUT2D eigenvalue weighted by Gasteiger charge is 2.18. The minimum Gasteiger partial charge on any atom is -0.227 e. The van der Waals surface area contributed by atoms with Gasteiger partial charge in [0.2, 0.25) is 0 Å². The second kappa shape index (κ2) is 3.97. The standard InChI is InChI=1S/C11H17BrN2/c1-7(2)8-6-9(11(3,4)5)14-10(12)13-8/h6-7H,1-5H3. The molecule has 0 saturated carbocycles. The van der Waals surface area contributed by atoms with E-state index in [1.165, 1.54) is 0 Å². The van der Waals surface area contributed by atoms with Crippen molar-refractivity contribution in [2.75, 3.05) is 0 Å². The molecule has 1 aromatic heterocycles. The molecule has 0 aromatic carbocycles. The van der Waals surface area contributed by atoms with Gasteiger partial charge in [-0.25, -0.2) is 9.97 Å². The van der Waals surface area contributed by atoms with E-state index in [0.717, 1.165) is 11.4 Å². The molecule has 0 fully saturated rings. The van der Waals surface area contributed by atoms with E-state index >= 15 is 0 Å². The Hall–Kier alpha value is -0.440. The molecule has 2 nitrogen and oxygen atoms in total. The maximum absolute atomic E-state index is 4.39. The van der Waals surface area contributed by atoms with Crippen molar-refractivity contribution in [3.05, 3.63) is 22.2 Å². The zero-order valence-electron chi connectivity index (χ0n) is 9.43. The molecule has 0 aliphatic heterocycles. The summed E-state index contributed by atoms with van der Waals surface area (Å²) in [4.78, 5) is 8.75. The summed E-state index contributed by atoms with van der Waals surface area (Å²) in [6.45, 7) is 10.8. The van der Waals surface area contributed by atoms with Gasteiger partial charge in [0.15, 0.2) is 4.73 Å². The third-order valence-electron chi connectivity index (χ3n) is 2.08. The van der Waals surface area contributed by atoms with Crippen LogP contribution in [-0.2, 0) is 5.41 Å². The fourth-order valence-corrected chi connectivity index (χ4v) is 1.51. The lowest BCUT2D eigenvalue weighted by atomic mass is 9.91.